The molecule has 0 N–H and O–H groups in total. The maximum absolute atomic E-state index is 3.51. The largest absolute Gasteiger partial charge is 0.0765 e. The van der Waals surface area contributed by atoms with Gasteiger partial charge in [0, 0.05) is 0 Å². The minimum Gasteiger partial charge on any atom is -0.0765 e. The first kappa shape index (κ1) is 14.0. The third kappa shape index (κ3) is 10.9. The summed E-state index contributed by atoms with van der Waals surface area (Å²) in [4.78, 5) is 0. The average Bonchev–Trinajstić information content (AvgIpc) is 2.00. The molecule has 1 atom stereocenters. The molecule has 0 fully saturated rings. The van der Waals surface area contributed by atoms with Gasteiger partial charge in [0.05, 0.1) is 3.74 Å². The van der Waals surface area contributed by atoms with Crippen LogP contribution in [0.2, 0.25) is 0 Å². The van der Waals surface area contributed by atoms with Crippen molar-refractivity contribution in [1.29, 1.82) is 0 Å². The van der Waals surface area contributed by atoms with E-state index in [0.717, 1.165) is 11.8 Å². The maximum Gasteiger partial charge on any atom is 0.0698 e. The summed E-state index contributed by atoms with van der Waals surface area (Å²) in [7, 11) is 0. The zero-order chi connectivity index (χ0) is 10.3. The summed E-state index contributed by atoms with van der Waals surface area (Å²) in [5.41, 5.74) is 0. The van der Waals surface area contributed by atoms with E-state index in [1.54, 1.807) is 0 Å². The topological polar surface area (TPSA) is 0 Å². The van der Waals surface area contributed by atoms with Crippen LogP contribution in [-0.2, 0) is 0 Å². The van der Waals surface area contributed by atoms with Crippen LogP contribution in [0.5, 0.6) is 0 Å². The molecule has 0 amide bonds. The molecule has 0 aromatic carbocycles. The fourth-order valence-electron chi connectivity index (χ4n) is 1.43. The third-order valence-corrected chi connectivity index (χ3v) is 3.27. The van der Waals surface area contributed by atoms with Crippen molar-refractivity contribution >= 4 is 31.9 Å². The Kier molecular flexibility index (Phi) is 8.90. The fraction of sp³-hybridized carbons (Fsp3) is 1.00. The van der Waals surface area contributed by atoms with Gasteiger partial charge in [0.1, 0.15) is 0 Å². The molecular weight excluding hydrogens is 292 g/mol. The molecule has 0 aliphatic heterocycles. The highest BCUT2D eigenvalue weighted by molar-refractivity contribution is 9.24. The Morgan fingerprint density at radius 2 is 1.46 bits per heavy atom. The molecule has 0 bridgehead atoms. The molecule has 0 nitrogen and oxygen atoms in total. The second kappa shape index (κ2) is 8.28. The Morgan fingerprint density at radius 3 is 1.92 bits per heavy atom. The van der Waals surface area contributed by atoms with Gasteiger partial charge in [-0.1, -0.05) is 71.9 Å². The SMILES string of the molecule is CC(C)CCC[C@H](C)CCC(Br)Br. The standard InChI is InChI=1S/C11H22Br2/c1-9(2)5-4-6-10(3)7-8-11(12)13/h9-11H,4-8H2,1-3H3/t10-/m0/s1. The summed E-state index contributed by atoms with van der Waals surface area (Å²) >= 11 is 7.02. The molecule has 0 aromatic rings. The van der Waals surface area contributed by atoms with Gasteiger partial charge in [0.15, 0.2) is 0 Å². The van der Waals surface area contributed by atoms with Crippen LogP contribution in [0.3, 0.4) is 0 Å². The minimum absolute atomic E-state index is 0.507. The lowest BCUT2D eigenvalue weighted by Crippen LogP contribution is -1.98. The molecule has 0 saturated carbocycles. The highest BCUT2D eigenvalue weighted by atomic mass is 79.9. The molecular formula is C11H22Br2. The smallest absolute Gasteiger partial charge is 0.0698 e. The molecule has 0 aliphatic rings. The molecule has 13 heavy (non-hydrogen) atoms. The molecule has 0 radical (unpaired) electrons. The molecule has 0 saturated heterocycles. The van der Waals surface area contributed by atoms with Gasteiger partial charge in [-0.15, -0.1) is 0 Å². The monoisotopic (exact) mass is 312 g/mol. The van der Waals surface area contributed by atoms with Gasteiger partial charge in [-0.2, -0.15) is 0 Å². The van der Waals surface area contributed by atoms with Crippen molar-refractivity contribution in [3.8, 4) is 0 Å². The van der Waals surface area contributed by atoms with Crippen LogP contribution in [0.25, 0.3) is 0 Å². The van der Waals surface area contributed by atoms with Crippen molar-refractivity contribution in [2.24, 2.45) is 11.8 Å². The fourth-order valence-corrected chi connectivity index (χ4v) is 1.96. The zero-order valence-corrected chi connectivity index (χ0v) is 12.2. The van der Waals surface area contributed by atoms with E-state index in [2.05, 4.69) is 52.6 Å². The first-order chi connectivity index (χ1) is 6.02. The highest BCUT2D eigenvalue weighted by Gasteiger charge is 2.05. The highest BCUT2D eigenvalue weighted by Crippen LogP contribution is 2.22. The number of halogens is 2. The van der Waals surface area contributed by atoms with E-state index < -0.39 is 0 Å². The maximum atomic E-state index is 3.51. The van der Waals surface area contributed by atoms with Crippen LogP contribution in [0.1, 0.15) is 52.9 Å². The molecule has 0 rings (SSSR count). The van der Waals surface area contributed by atoms with Crippen LogP contribution < -0.4 is 0 Å². The lowest BCUT2D eigenvalue weighted by molar-refractivity contribution is 0.433. The number of alkyl halides is 2. The summed E-state index contributed by atoms with van der Waals surface area (Å²) in [5, 5.41) is 0. The molecule has 0 spiro atoms. The summed E-state index contributed by atoms with van der Waals surface area (Å²) in [6.07, 6.45) is 6.75. The first-order valence-electron chi connectivity index (χ1n) is 5.30. The lowest BCUT2D eigenvalue weighted by atomic mass is 9.96. The van der Waals surface area contributed by atoms with E-state index in [4.69, 9.17) is 0 Å². The second-order valence-electron chi connectivity index (χ2n) is 4.40. The van der Waals surface area contributed by atoms with E-state index in [-0.39, 0.29) is 0 Å². The van der Waals surface area contributed by atoms with Gasteiger partial charge >= 0.3 is 0 Å². The van der Waals surface area contributed by atoms with Crippen molar-refractivity contribution in [2.45, 2.75) is 56.6 Å². The summed E-state index contributed by atoms with van der Waals surface area (Å²) in [6, 6.07) is 0. The van der Waals surface area contributed by atoms with Crippen molar-refractivity contribution in [2.75, 3.05) is 0 Å². The predicted octanol–water partition coefficient (Wildman–Crippen LogP) is 5.34. The van der Waals surface area contributed by atoms with Crippen LogP contribution in [-0.4, -0.2) is 3.74 Å². The quantitative estimate of drug-likeness (QED) is 0.556. The van der Waals surface area contributed by atoms with E-state index in [9.17, 15) is 0 Å². The van der Waals surface area contributed by atoms with Gasteiger partial charge in [-0.3, -0.25) is 0 Å². The van der Waals surface area contributed by atoms with Gasteiger partial charge < -0.3 is 0 Å². The van der Waals surface area contributed by atoms with Gasteiger partial charge in [-0.25, -0.2) is 0 Å². The molecule has 0 aromatic heterocycles. The molecule has 0 aliphatic carbocycles. The Bertz CT molecular complexity index is 111. The van der Waals surface area contributed by atoms with E-state index >= 15 is 0 Å². The van der Waals surface area contributed by atoms with Crippen LogP contribution in [0.4, 0.5) is 0 Å². The molecule has 0 unspecified atom stereocenters. The lowest BCUT2D eigenvalue weighted by Gasteiger charge is -2.12. The minimum atomic E-state index is 0.507. The number of hydrogen-bond donors (Lipinski definition) is 0. The average molecular weight is 314 g/mol. The predicted molar refractivity (Wildman–Crippen MR) is 68.7 cm³/mol. The summed E-state index contributed by atoms with van der Waals surface area (Å²) < 4.78 is 0.507. The Balaban J connectivity index is 3.25. The summed E-state index contributed by atoms with van der Waals surface area (Å²) in [5.74, 6) is 1.75. The molecule has 2 heteroatoms. The number of rotatable bonds is 7. The van der Waals surface area contributed by atoms with E-state index in [1.165, 1.54) is 32.1 Å². The Morgan fingerprint density at radius 1 is 0.846 bits per heavy atom. The van der Waals surface area contributed by atoms with Gasteiger partial charge in [0.25, 0.3) is 0 Å². The van der Waals surface area contributed by atoms with Gasteiger partial charge in [-0.05, 0) is 24.7 Å². The Labute approximate surface area is 100 Å². The van der Waals surface area contributed by atoms with Crippen LogP contribution in [0, 0.1) is 11.8 Å². The van der Waals surface area contributed by atoms with Crippen molar-refractivity contribution in [1.82, 2.24) is 0 Å². The van der Waals surface area contributed by atoms with E-state index in [0.29, 0.717) is 3.74 Å². The van der Waals surface area contributed by atoms with E-state index in [1.807, 2.05) is 0 Å². The van der Waals surface area contributed by atoms with Crippen LogP contribution in [0.15, 0.2) is 0 Å². The summed E-state index contributed by atoms with van der Waals surface area (Å²) in [6.45, 7) is 6.97. The molecule has 80 valence electrons. The van der Waals surface area contributed by atoms with Gasteiger partial charge in [0.2, 0.25) is 0 Å². The zero-order valence-electron chi connectivity index (χ0n) is 9.02. The van der Waals surface area contributed by atoms with Crippen LogP contribution >= 0.6 is 31.9 Å². The Hall–Kier alpha value is 0.960. The van der Waals surface area contributed by atoms with Crippen molar-refractivity contribution in [3.05, 3.63) is 0 Å². The normalized spacial score (nSPS) is 14.1. The third-order valence-electron chi connectivity index (χ3n) is 2.36. The molecule has 0 heterocycles. The first-order valence-corrected chi connectivity index (χ1v) is 7.13. The van der Waals surface area contributed by atoms with Crippen molar-refractivity contribution < 1.29 is 0 Å². The second-order valence-corrected chi connectivity index (χ2v) is 7.84. The number of hydrogen-bond acceptors (Lipinski definition) is 0. The van der Waals surface area contributed by atoms with Crippen molar-refractivity contribution in [3.63, 3.8) is 0 Å².